The van der Waals surface area contributed by atoms with Crippen molar-refractivity contribution in [1.82, 2.24) is 10.2 Å². The number of rotatable bonds is 7. The summed E-state index contributed by atoms with van der Waals surface area (Å²) in [5, 5.41) is 12.1. The second-order valence-corrected chi connectivity index (χ2v) is 6.20. The number of nitrogens with one attached hydrogen (secondary N) is 1. The van der Waals surface area contributed by atoms with E-state index < -0.39 is 0 Å². The van der Waals surface area contributed by atoms with E-state index in [1.165, 1.54) is 0 Å². The number of carbonyl (C=O) groups excluding carboxylic acids is 2. The molecule has 0 aromatic heterocycles. The Bertz CT molecular complexity index is 540. The molecule has 0 atom stereocenters. The van der Waals surface area contributed by atoms with E-state index in [-0.39, 0.29) is 18.1 Å². The molecular formula is C21H36N2O3. The zero-order valence-electron chi connectivity index (χ0n) is 17.2. The lowest BCUT2D eigenvalue weighted by molar-refractivity contribution is -0.124. The van der Waals surface area contributed by atoms with Gasteiger partial charge >= 0.3 is 0 Å². The van der Waals surface area contributed by atoms with Crippen LogP contribution >= 0.6 is 0 Å². The number of aliphatic hydroxyl groups excluding tert-OH is 1. The molecule has 0 bridgehead atoms. The van der Waals surface area contributed by atoms with E-state index in [9.17, 15) is 14.7 Å². The molecule has 1 saturated carbocycles. The molecule has 5 heteroatoms. The highest BCUT2D eigenvalue weighted by Gasteiger charge is 2.28. The maximum Gasteiger partial charge on any atom is 0.234 e. The first kappa shape index (κ1) is 24.3. The van der Waals surface area contributed by atoms with E-state index in [0.717, 1.165) is 23.8 Å². The third-order valence-electron chi connectivity index (χ3n) is 4.08. The Labute approximate surface area is 158 Å². The van der Waals surface area contributed by atoms with Crippen LogP contribution in [0.15, 0.2) is 18.2 Å². The molecule has 1 amide bonds. The minimum Gasteiger partial charge on any atom is -0.393 e. The van der Waals surface area contributed by atoms with Crippen molar-refractivity contribution in [3.8, 4) is 0 Å². The Kier molecular flexibility index (Phi) is 12.6. The fourth-order valence-corrected chi connectivity index (χ4v) is 2.68. The Morgan fingerprint density at radius 1 is 1.27 bits per heavy atom. The van der Waals surface area contributed by atoms with Crippen molar-refractivity contribution in [2.75, 3.05) is 20.1 Å². The fraction of sp³-hybridized carbons (Fsp3) is 0.619. The van der Waals surface area contributed by atoms with E-state index >= 15 is 0 Å². The smallest absolute Gasteiger partial charge is 0.234 e. The number of amides is 1. The van der Waals surface area contributed by atoms with Gasteiger partial charge < -0.3 is 10.4 Å². The molecule has 1 aromatic carbocycles. The van der Waals surface area contributed by atoms with Crippen molar-refractivity contribution in [1.29, 1.82) is 0 Å². The second kappa shape index (κ2) is 13.5. The van der Waals surface area contributed by atoms with Gasteiger partial charge in [-0.3, -0.25) is 14.5 Å². The number of carbonyl (C=O) groups is 2. The Morgan fingerprint density at radius 2 is 1.88 bits per heavy atom. The largest absolute Gasteiger partial charge is 0.393 e. The van der Waals surface area contributed by atoms with Crippen LogP contribution in [0.3, 0.4) is 0 Å². The average Bonchev–Trinajstić information content (AvgIpc) is 2.62. The molecule has 1 aromatic rings. The normalized spacial score (nSPS) is 17.8. The van der Waals surface area contributed by atoms with E-state index in [4.69, 9.17) is 0 Å². The molecule has 5 nitrogen and oxygen atoms in total. The second-order valence-electron chi connectivity index (χ2n) is 6.20. The molecule has 148 valence electrons. The minimum atomic E-state index is -0.258. The van der Waals surface area contributed by atoms with E-state index in [0.29, 0.717) is 31.5 Å². The molecule has 1 fully saturated rings. The Morgan fingerprint density at radius 3 is 2.42 bits per heavy atom. The summed E-state index contributed by atoms with van der Waals surface area (Å²) >= 11 is 0. The van der Waals surface area contributed by atoms with Crippen LogP contribution in [0.4, 0.5) is 0 Å². The van der Waals surface area contributed by atoms with Crippen LogP contribution < -0.4 is 5.32 Å². The van der Waals surface area contributed by atoms with Gasteiger partial charge in [-0.05, 0) is 38.8 Å². The maximum atomic E-state index is 11.9. The summed E-state index contributed by atoms with van der Waals surface area (Å²) < 4.78 is 0. The SMILES string of the molecule is CC.CC.Cc1ccc(C=O)c(CCN(C)CC(=O)NC2CC(O)C2)c1. The average molecular weight is 365 g/mol. The lowest BCUT2D eigenvalue weighted by atomic mass is 9.89. The quantitative estimate of drug-likeness (QED) is 0.730. The molecule has 2 N–H and O–H groups in total. The Hall–Kier alpha value is -1.72. The van der Waals surface area contributed by atoms with Crippen molar-refractivity contribution < 1.29 is 14.7 Å². The third kappa shape index (κ3) is 8.59. The molecule has 0 heterocycles. The van der Waals surface area contributed by atoms with Gasteiger partial charge in [0.1, 0.15) is 6.29 Å². The van der Waals surface area contributed by atoms with E-state index in [2.05, 4.69) is 5.32 Å². The predicted octanol–water partition coefficient (Wildman–Crippen LogP) is 2.97. The first-order valence-corrected chi connectivity index (χ1v) is 9.68. The van der Waals surface area contributed by atoms with Gasteiger partial charge in [-0.2, -0.15) is 0 Å². The van der Waals surface area contributed by atoms with Crippen LogP contribution in [0.1, 0.15) is 62.0 Å². The van der Waals surface area contributed by atoms with Crippen LogP contribution in [0.2, 0.25) is 0 Å². The highest BCUT2D eigenvalue weighted by Crippen LogP contribution is 2.19. The standard InChI is InChI=1S/C17H24N2O3.2C2H6/c1-12-3-4-14(11-20)13(7-12)5-6-19(2)10-17(22)18-15-8-16(21)9-15;2*1-2/h3-4,7,11,15-16,21H,5-6,8-10H2,1-2H3,(H,18,22);2*1-2H3. The predicted molar refractivity (Wildman–Crippen MR) is 108 cm³/mol. The fourth-order valence-electron chi connectivity index (χ4n) is 2.68. The topological polar surface area (TPSA) is 69.6 Å². The third-order valence-corrected chi connectivity index (χ3v) is 4.08. The molecule has 1 aliphatic rings. The van der Waals surface area contributed by atoms with Gasteiger partial charge in [0, 0.05) is 18.2 Å². The Balaban J connectivity index is 0.00000146. The molecule has 1 aliphatic carbocycles. The van der Waals surface area contributed by atoms with Crippen LogP contribution in [0, 0.1) is 6.92 Å². The summed E-state index contributed by atoms with van der Waals surface area (Å²) in [6, 6.07) is 5.91. The minimum absolute atomic E-state index is 0.0146. The number of aryl methyl sites for hydroxylation is 1. The first-order valence-electron chi connectivity index (χ1n) is 9.68. The number of hydrogen-bond donors (Lipinski definition) is 2. The van der Waals surface area contributed by atoms with Crippen LogP contribution in [-0.4, -0.2) is 54.5 Å². The number of nitrogens with zero attached hydrogens (tertiary/aromatic N) is 1. The van der Waals surface area contributed by atoms with Crippen LogP contribution in [0.5, 0.6) is 0 Å². The van der Waals surface area contributed by atoms with Crippen molar-refractivity contribution in [2.24, 2.45) is 0 Å². The number of likely N-dealkylation sites (N-methyl/N-ethyl adjacent to an activating group) is 1. The van der Waals surface area contributed by atoms with Gasteiger partial charge in [-0.15, -0.1) is 0 Å². The van der Waals surface area contributed by atoms with Gasteiger partial charge in [-0.1, -0.05) is 51.5 Å². The van der Waals surface area contributed by atoms with E-state index in [1.807, 2.05) is 64.8 Å². The van der Waals surface area contributed by atoms with Crippen molar-refractivity contribution >= 4 is 12.2 Å². The van der Waals surface area contributed by atoms with Gasteiger partial charge in [0.25, 0.3) is 0 Å². The van der Waals surface area contributed by atoms with Gasteiger partial charge in [0.05, 0.1) is 12.6 Å². The lowest BCUT2D eigenvalue weighted by Gasteiger charge is -2.32. The highest BCUT2D eigenvalue weighted by atomic mass is 16.3. The number of aldehydes is 1. The summed E-state index contributed by atoms with van der Waals surface area (Å²) in [5.74, 6) is -0.0146. The molecule has 0 saturated heterocycles. The van der Waals surface area contributed by atoms with Crippen molar-refractivity contribution in [3.63, 3.8) is 0 Å². The number of aliphatic hydroxyl groups is 1. The summed E-state index contributed by atoms with van der Waals surface area (Å²) in [5.41, 5.74) is 2.86. The molecule has 2 rings (SSSR count). The maximum absolute atomic E-state index is 11.9. The van der Waals surface area contributed by atoms with Gasteiger partial charge in [-0.25, -0.2) is 0 Å². The highest BCUT2D eigenvalue weighted by molar-refractivity contribution is 5.78. The van der Waals surface area contributed by atoms with Crippen LogP contribution in [-0.2, 0) is 11.2 Å². The molecule has 26 heavy (non-hydrogen) atoms. The molecule has 0 aliphatic heterocycles. The van der Waals surface area contributed by atoms with Crippen molar-refractivity contribution in [3.05, 3.63) is 34.9 Å². The molecular weight excluding hydrogens is 328 g/mol. The van der Waals surface area contributed by atoms with E-state index in [1.54, 1.807) is 0 Å². The van der Waals surface area contributed by atoms with Gasteiger partial charge in [0.15, 0.2) is 0 Å². The molecule has 0 spiro atoms. The first-order chi connectivity index (χ1) is 12.5. The zero-order chi connectivity index (χ0) is 20.1. The van der Waals surface area contributed by atoms with Gasteiger partial charge in [0.2, 0.25) is 5.91 Å². The lowest BCUT2D eigenvalue weighted by Crippen LogP contribution is -2.49. The summed E-state index contributed by atoms with van der Waals surface area (Å²) in [4.78, 5) is 24.9. The molecule has 0 radical (unpaired) electrons. The number of hydrogen-bond acceptors (Lipinski definition) is 4. The van der Waals surface area contributed by atoms with Crippen molar-refractivity contribution in [2.45, 2.75) is 66.0 Å². The zero-order valence-corrected chi connectivity index (χ0v) is 17.2. The van der Waals surface area contributed by atoms with Crippen LogP contribution in [0.25, 0.3) is 0 Å². The number of benzene rings is 1. The monoisotopic (exact) mass is 364 g/mol. The summed E-state index contributed by atoms with van der Waals surface area (Å²) in [7, 11) is 1.89. The summed E-state index contributed by atoms with van der Waals surface area (Å²) in [6.07, 6.45) is 2.67. The molecule has 0 unspecified atom stereocenters. The summed E-state index contributed by atoms with van der Waals surface area (Å²) in [6.45, 7) is 11.0.